The van der Waals surface area contributed by atoms with E-state index in [1.165, 1.54) is 28.3 Å². The molecule has 2 N–H and O–H groups in total. The third-order valence-corrected chi connectivity index (χ3v) is 6.48. The number of likely N-dealkylation sites (N-methyl/N-ethyl adjacent to an activating group) is 1. The average molecular weight is 459 g/mol. The number of benzene rings is 2. The van der Waals surface area contributed by atoms with E-state index < -0.39 is 16.1 Å². The maximum Gasteiger partial charge on any atom is 0.245 e. The summed E-state index contributed by atoms with van der Waals surface area (Å²) in [5, 5.41) is 7.03. The topological polar surface area (TPSA) is 118 Å². The molecule has 11 heteroatoms. The zero-order valence-electron chi connectivity index (χ0n) is 18.1. The molecule has 3 aromatic rings. The van der Waals surface area contributed by atoms with Crippen molar-refractivity contribution in [3.8, 4) is 5.75 Å². The number of ether oxygens (including phenoxy) is 1. The van der Waals surface area contributed by atoms with Gasteiger partial charge in [0, 0.05) is 12.7 Å². The number of anilines is 1. The Bertz CT molecular complexity index is 1130. The number of nitrogens with zero attached hydrogens (tertiary/aromatic N) is 4. The van der Waals surface area contributed by atoms with E-state index in [2.05, 4.69) is 20.1 Å². The van der Waals surface area contributed by atoms with Crippen molar-refractivity contribution in [3.05, 3.63) is 66.7 Å². The van der Waals surface area contributed by atoms with Crippen LogP contribution in [0.5, 0.6) is 5.75 Å². The normalized spacial score (nSPS) is 12.3. The number of methoxy groups -OCH3 is 1. The van der Waals surface area contributed by atoms with Crippen molar-refractivity contribution in [1.29, 1.82) is 0 Å². The summed E-state index contributed by atoms with van der Waals surface area (Å²) in [7, 11) is -0.521. The van der Waals surface area contributed by atoms with Gasteiger partial charge in [0.05, 0.1) is 25.2 Å². The summed E-state index contributed by atoms with van der Waals surface area (Å²) >= 11 is 0. The summed E-state index contributed by atoms with van der Waals surface area (Å²) < 4.78 is 34.5. The van der Waals surface area contributed by atoms with Gasteiger partial charge >= 0.3 is 0 Å². The summed E-state index contributed by atoms with van der Waals surface area (Å²) in [5.41, 5.74) is 1.30. The van der Waals surface area contributed by atoms with Crippen molar-refractivity contribution in [1.82, 2.24) is 24.8 Å². The second-order valence-electron chi connectivity index (χ2n) is 7.06. The first-order chi connectivity index (χ1) is 15.3. The van der Waals surface area contributed by atoms with Gasteiger partial charge in [-0.1, -0.05) is 18.2 Å². The van der Waals surface area contributed by atoms with Crippen molar-refractivity contribution in [3.63, 3.8) is 0 Å². The van der Waals surface area contributed by atoms with Crippen molar-refractivity contribution in [2.75, 3.05) is 25.7 Å². The fourth-order valence-electron chi connectivity index (χ4n) is 3.11. The molecule has 0 aliphatic rings. The van der Waals surface area contributed by atoms with Crippen LogP contribution in [-0.4, -0.2) is 56.0 Å². The summed E-state index contributed by atoms with van der Waals surface area (Å²) in [6.07, 6.45) is 2.86. The Labute approximate surface area is 187 Å². The lowest BCUT2D eigenvalue weighted by Crippen LogP contribution is -2.50. The minimum absolute atomic E-state index is 0.141. The third kappa shape index (κ3) is 5.69. The molecule has 32 heavy (non-hydrogen) atoms. The largest absolute Gasteiger partial charge is 0.497 e. The SMILES string of the molecule is COc1ccc(N(C)C(=O)C(Cn2cncn2)NCNS(=O)(=O)c2ccccc2C)cc1. The first kappa shape index (κ1) is 23.4. The molecule has 170 valence electrons. The number of hydrogen-bond donors (Lipinski definition) is 2. The molecule has 0 spiro atoms. The van der Waals surface area contributed by atoms with Crippen LogP contribution in [0.25, 0.3) is 0 Å². The molecule has 1 unspecified atom stereocenters. The molecule has 0 saturated heterocycles. The van der Waals surface area contributed by atoms with Gasteiger partial charge in [-0.15, -0.1) is 0 Å². The van der Waals surface area contributed by atoms with E-state index in [1.54, 1.807) is 63.5 Å². The Hall–Kier alpha value is -3.28. The van der Waals surface area contributed by atoms with Gasteiger partial charge in [-0.2, -0.15) is 9.82 Å². The highest BCUT2D eigenvalue weighted by atomic mass is 32.2. The summed E-state index contributed by atoms with van der Waals surface area (Å²) in [6.45, 7) is 1.76. The zero-order valence-corrected chi connectivity index (χ0v) is 18.9. The third-order valence-electron chi connectivity index (χ3n) is 4.92. The van der Waals surface area contributed by atoms with Gasteiger partial charge in [-0.25, -0.2) is 13.4 Å². The molecule has 2 aromatic carbocycles. The van der Waals surface area contributed by atoms with Crippen LogP contribution in [0, 0.1) is 6.92 Å². The van der Waals surface area contributed by atoms with Crippen LogP contribution < -0.4 is 19.7 Å². The van der Waals surface area contributed by atoms with Gasteiger partial charge in [0.1, 0.15) is 24.4 Å². The fraction of sp³-hybridized carbons (Fsp3) is 0.286. The van der Waals surface area contributed by atoms with E-state index in [9.17, 15) is 13.2 Å². The standard InChI is InChI=1S/C21H26N6O4S/c1-16-6-4-5-7-20(16)32(29,30)25-14-23-19(12-27-15-22-13-24-27)21(28)26(2)17-8-10-18(31-3)11-9-17/h4-11,13,15,19,23,25H,12,14H2,1-3H3. The number of aryl methyl sites for hydroxylation is 1. The Morgan fingerprint density at radius 2 is 1.91 bits per heavy atom. The lowest BCUT2D eigenvalue weighted by Gasteiger charge is -2.25. The second-order valence-corrected chi connectivity index (χ2v) is 8.79. The van der Waals surface area contributed by atoms with E-state index in [0.717, 1.165) is 0 Å². The van der Waals surface area contributed by atoms with E-state index in [4.69, 9.17) is 4.74 Å². The van der Waals surface area contributed by atoms with Crippen LogP contribution in [0.15, 0.2) is 66.1 Å². The van der Waals surface area contributed by atoms with Gasteiger partial charge in [0.15, 0.2) is 0 Å². The molecule has 1 atom stereocenters. The van der Waals surface area contributed by atoms with Crippen molar-refractivity contribution in [2.24, 2.45) is 0 Å². The minimum atomic E-state index is -3.74. The highest BCUT2D eigenvalue weighted by Gasteiger charge is 2.25. The number of sulfonamides is 1. The van der Waals surface area contributed by atoms with Gasteiger partial charge in [0.2, 0.25) is 15.9 Å². The lowest BCUT2D eigenvalue weighted by molar-refractivity contribution is -0.120. The van der Waals surface area contributed by atoms with Crippen LogP contribution >= 0.6 is 0 Å². The number of nitrogens with one attached hydrogen (secondary N) is 2. The Morgan fingerprint density at radius 3 is 2.53 bits per heavy atom. The van der Waals surface area contributed by atoms with Crippen LogP contribution in [0.4, 0.5) is 5.69 Å². The van der Waals surface area contributed by atoms with Crippen molar-refractivity contribution in [2.45, 2.75) is 24.4 Å². The number of rotatable bonds is 10. The summed E-state index contributed by atoms with van der Waals surface area (Å²) in [5.74, 6) is 0.415. The Morgan fingerprint density at radius 1 is 1.19 bits per heavy atom. The first-order valence-electron chi connectivity index (χ1n) is 9.84. The van der Waals surface area contributed by atoms with Crippen LogP contribution in [-0.2, 0) is 21.4 Å². The molecule has 1 aromatic heterocycles. The molecule has 0 bridgehead atoms. The fourth-order valence-corrected chi connectivity index (χ4v) is 4.28. The van der Waals surface area contributed by atoms with Crippen LogP contribution in [0.1, 0.15) is 5.56 Å². The molecule has 10 nitrogen and oxygen atoms in total. The molecule has 0 radical (unpaired) electrons. The average Bonchev–Trinajstić information content (AvgIpc) is 3.31. The molecule has 3 rings (SSSR count). The summed E-state index contributed by atoms with van der Waals surface area (Å²) in [4.78, 5) is 18.8. The van der Waals surface area contributed by atoms with E-state index in [1.807, 2.05) is 0 Å². The van der Waals surface area contributed by atoms with Gasteiger partial charge in [-0.3, -0.25) is 14.8 Å². The quantitative estimate of drug-likeness (QED) is 0.438. The van der Waals surface area contributed by atoms with E-state index in [0.29, 0.717) is 17.0 Å². The zero-order chi connectivity index (χ0) is 23.1. The predicted molar refractivity (Wildman–Crippen MR) is 120 cm³/mol. The number of carbonyl (C=O) groups is 1. The maximum absolute atomic E-state index is 13.2. The van der Waals surface area contributed by atoms with Crippen molar-refractivity contribution >= 4 is 21.6 Å². The Kier molecular flexibility index (Phi) is 7.57. The molecule has 0 fully saturated rings. The predicted octanol–water partition coefficient (Wildman–Crippen LogP) is 1.15. The lowest BCUT2D eigenvalue weighted by atomic mass is 10.2. The highest BCUT2D eigenvalue weighted by Crippen LogP contribution is 2.19. The van der Waals surface area contributed by atoms with Gasteiger partial charge in [0.25, 0.3) is 0 Å². The van der Waals surface area contributed by atoms with E-state index >= 15 is 0 Å². The number of carbonyl (C=O) groups excluding carboxylic acids is 1. The van der Waals surface area contributed by atoms with Gasteiger partial charge in [-0.05, 0) is 42.8 Å². The van der Waals surface area contributed by atoms with E-state index in [-0.39, 0.29) is 24.0 Å². The highest BCUT2D eigenvalue weighted by molar-refractivity contribution is 7.89. The molecule has 0 saturated carbocycles. The molecule has 0 aliphatic carbocycles. The first-order valence-corrected chi connectivity index (χ1v) is 11.3. The minimum Gasteiger partial charge on any atom is -0.497 e. The van der Waals surface area contributed by atoms with Gasteiger partial charge < -0.3 is 9.64 Å². The van der Waals surface area contributed by atoms with Crippen LogP contribution in [0.2, 0.25) is 0 Å². The molecule has 1 heterocycles. The Balaban J connectivity index is 1.72. The molecular weight excluding hydrogens is 432 g/mol. The molecular formula is C21H26N6O4S. The van der Waals surface area contributed by atoms with Crippen LogP contribution in [0.3, 0.4) is 0 Å². The second kappa shape index (κ2) is 10.4. The summed E-state index contributed by atoms with van der Waals surface area (Å²) in [6, 6.07) is 13.0. The maximum atomic E-state index is 13.2. The monoisotopic (exact) mass is 458 g/mol. The number of hydrogen-bond acceptors (Lipinski definition) is 7. The van der Waals surface area contributed by atoms with Crippen molar-refractivity contribution < 1.29 is 17.9 Å². The number of amides is 1. The molecule has 1 amide bonds. The smallest absolute Gasteiger partial charge is 0.245 e. The number of aromatic nitrogens is 3. The molecule has 0 aliphatic heterocycles.